The Hall–Kier alpha value is -2.73. The highest BCUT2D eigenvalue weighted by Gasteiger charge is 2.50. The van der Waals surface area contributed by atoms with Crippen molar-refractivity contribution in [1.29, 1.82) is 0 Å². The topological polar surface area (TPSA) is 92.3 Å². The maximum Gasteiger partial charge on any atom is 0.501 e. The van der Waals surface area contributed by atoms with Gasteiger partial charge in [0.05, 0.1) is 22.0 Å². The number of rotatable bonds is 3. The molecule has 1 atom stereocenters. The first-order chi connectivity index (χ1) is 13.8. The van der Waals surface area contributed by atoms with E-state index < -0.39 is 45.1 Å². The van der Waals surface area contributed by atoms with E-state index in [9.17, 15) is 35.5 Å². The number of alkyl halides is 5. The van der Waals surface area contributed by atoms with Crippen molar-refractivity contribution in [2.75, 3.05) is 0 Å². The van der Waals surface area contributed by atoms with Gasteiger partial charge in [-0.25, -0.2) is 17.2 Å². The van der Waals surface area contributed by atoms with Gasteiger partial charge in [0.2, 0.25) is 0 Å². The lowest BCUT2D eigenvalue weighted by Crippen LogP contribution is -2.36. The van der Waals surface area contributed by atoms with E-state index in [1.807, 2.05) is 0 Å². The van der Waals surface area contributed by atoms with E-state index in [2.05, 4.69) is 16.8 Å². The Bertz CT molecular complexity index is 1150. The van der Waals surface area contributed by atoms with Crippen LogP contribution in [-0.4, -0.2) is 41.3 Å². The molecule has 12 heteroatoms. The highest BCUT2D eigenvalue weighted by atomic mass is 32.2. The van der Waals surface area contributed by atoms with Crippen molar-refractivity contribution in [2.45, 2.75) is 30.4 Å². The molecular weight excluding hydrogens is 435 g/mol. The number of aromatic nitrogens is 2. The van der Waals surface area contributed by atoms with Crippen molar-refractivity contribution in [3.8, 4) is 5.75 Å². The van der Waals surface area contributed by atoms with Crippen molar-refractivity contribution in [1.82, 2.24) is 10.2 Å². The lowest BCUT2D eigenvalue weighted by molar-refractivity contribution is -0.105. The number of sulfone groups is 1. The Balaban J connectivity index is 2.11. The van der Waals surface area contributed by atoms with Crippen LogP contribution in [0.1, 0.15) is 12.8 Å². The molecule has 0 fully saturated rings. The second kappa shape index (κ2) is 7.51. The maximum atomic E-state index is 14.3. The lowest BCUT2D eigenvalue weighted by atomic mass is 10.0. The first kappa shape index (κ1) is 22.0. The van der Waals surface area contributed by atoms with Crippen LogP contribution in [0, 0.1) is 0 Å². The number of halogens is 5. The number of hydrogen-bond acceptors (Lipinski definition) is 5. The molecule has 0 radical (unpaired) electrons. The van der Waals surface area contributed by atoms with Crippen molar-refractivity contribution in [3.05, 3.63) is 59.4 Å². The third-order valence-electron chi connectivity index (χ3n) is 4.41. The van der Waals surface area contributed by atoms with Crippen LogP contribution in [0.25, 0.3) is 10.9 Å². The van der Waals surface area contributed by atoms with Crippen molar-refractivity contribution in [3.63, 3.8) is 0 Å². The van der Waals surface area contributed by atoms with Crippen LogP contribution in [0.5, 0.6) is 5.75 Å². The molecule has 1 aromatic heterocycles. The van der Waals surface area contributed by atoms with Gasteiger partial charge in [-0.05, 0) is 29.9 Å². The van der Waals surface area contributed by atoms with E-state index >= 15 is 0 Å². The highest BCUT2D eigenvalue weighted by Crippen LogP contribution is 2.39. The van der Waals surface area contributed by atoms with Crippen LogP contribution in [0.2, 0.25) is 0 Å². The van der Waals surface area contributed by atoms with Gasteiger partial charge >= 0.3 is 5.51 Å². The van der Waals surface area contributed by atoms with E-state index in [0.29, 0.717) is 17.0 Å². The van der Waals surface area contributed by atoms with Gasteiger partial charge in [-0.1, -0.05) is 12.6 Å². The summed E-state index contributed by atoms with van der Waals surface area (Å²) in [5, 5.41) is 16.7. The molecule has 0 spiro atoms. The maximum absolute atomic E-state index is 14.3. The number of nitrogens with one attached hydrogen (secondary N) is 1. The average Bonchev–Trinajstić information content (AvgIpc) is 3.11. The summed E-state index contributed by atoms with van der Waals surface area (Å²) in [6.45, 7) is 3.46. The quantitative estimate of drug-likeness (QED) is 0.690. The molecule has 0 aliphatic heterocycles. The zero-order chi connectivity index (χ0) is 22.3. The minimum absolute atomic E-state index is 0.130. The summed E-state index contributed by atoms with van der Waals surface area (Å²) in [5.41, 5.74) is -5.53. The summed E-state index contributed by atoms with van der Waals surface area (Å²) in [4.78, 5) is -1.42. The minimum Gasteiger partial charge on any atom is -0.456 e. The highest BCUT2D eigenvalue weighted by molar-refractivity contribution is 7.96. The molecule has 2 N–H and O–H groups in total. The summed E-state index contributed by atoms with van der Waals surface area (Å²) in [7, 11) is -5.95. The van der Waals surface area contributed by atoms with Gasteiger partial charge in [0, 0.05) is 12.8 Å². The summed E-state index contributed by atoms with van der Waals surface area (Å²) in [6, 6.07) is 4.67. The molecule has 1 aromatic carbocycles. The number of ether oxygens (including phenoxy) is 1. The Labute approximate surface area is 167 Å². The molecule has 1 heterocycles. The molecule has 1 aliphatic carbocycles. The van der Waals surface area contributed by atoms with E-state index in [4.69, 9.17) is 4.74 Å². The first-order valence-corrected chi connectivity index (χ1v) is 9.87. The van der Waals surface area contributed by atoms with E-state index in [1.54, 1.807) is 12.1 Å². The molecule has 30 heavy (non-hydrogen) atoms. The second-order valence-corrected chi connectivity index (χ2v) is 8.56. The standard InChI is InChI=1S/C18H15F5N2O4S/c1-10-8-17(19,20)16(26)7-11(30(27,28)18(21,22)23)5-6-14(10)29-15-4-2-3-13-12(15)9-24-25-13/h2-6,9,16,26H,1,7-8H2,(H,24,25)/b11-5+,14-6+. The first-order valence-electron chi connectivity index (χ1n) is 8.39. The Kier molecular flexibility index (Phi) is 5.50. The van der Waals surface area contributed by atoms with Crippen LogP contribution >= 0.6 is 0 Å². The SMILES string of the molecule is C=C1CC(F)(F)C(O)C/C(S(=O)(=O)C(F)(F)F)=C\C=C/1Oc1cccc2[nH]ncc12. The van der Waals surface area contributed by atoms with Crippen molar-refractivity contribution < 1.29 is 40.2 Å². The zero-order valence-corrected chi connectivity index (χ0v) is 15.9. The second-order valence-electron chi connectivity index (χ2n) is 6.56. The number of H-pyrrole nitrogens is 1. The summed E-state index contributed by atoms with van der Waals surface area (Å²) in [5.74, 6) is -4.20. The van der Waals surface area contributed by atoms with Crippen LogP contribution in [0.4, 0.5) is 22.0 Å². The smallest absolute Gasteiger partial charge is 0.456 e. The number of fused-ring (bicyclic) bond motifs is 1. The average molecular weight is 450 g/mol. The summed E-state index contributed by atoms with van der Waals surface area (Å²) >= 11 is 0. The van der Waals surface area contributed by atoms with Crippen LogP contribution in [0.3, 0.4) is 0 Å². The fraction of sp³-hybridized carbons (Fsp3) is 0.278. The van der Waals surface area contributed by atoms with E-state index in [1.165, 1.54) is 12.3 Å². The van der Waals surface area contributed by atoms with Crippen LogP contribution < -0.4 is 4.74 Å². The van der Waals surface area contributed by atoms with E-state index in [-0.39, 0.29) is 17.1 Å². The molecular formula is C18H15F5N2O4S. The molecule has 0 bridgehead atoms. The molecule has 2 aromatic rings. The van der Waals surface area contributed by atoms with Crippen LogP contribution in [0.15, 0.2) is 59.4 Å². The lowest BCUT2D eigenvalue weighted by Gasteiger charge is -2.24. The molecule has 1 aliphatic rings. The summed E-state index contributed by atoms with van der Waals surface area (Å²) < 4.78 is 96.6. The molecule has 3 rings (SSSR count). The van der Waals surface area contributed by atoms with Crippen molar-refractivity contribution >= 4 is 20.7 Å². The minimum atomic E-state index is -5.95. The normalized spacial score (nSPS) is 24.2. The zero-order valence-electron chi connectivity index (χ0n) is 15.1. The predicted molar refractivity (Wildman–Crippen MR) is 97.2 cm³/mol. The number of benzene rings is 1. The predicted octanol–water partition coefficient (Wildman–Crippen LogP) is 3.99. The Morgan fingerprint density at radius 2 is 1.97 bits per heavy atom. The number of nitrogens with zero attached hydrogens (tertiary/aromatic N) is 1. The molecule has 0 saturated carbocycles. The Morgan fingerprint density at radius 1 is 1.27 bits per heavy atom. The van der Waals surface area contributed by atoms with Gasteiger partial charge in [0.15, 0.2) is 0 Å². The fourth-order valence-corrected chi connectivity index (χ4v) is 3.71. The van der Waals surface area contributed by atoms with Gasteiger partial charge in [-0.15, -0.1) is 0 Å². The Morgan fingerprint density at radius 3 is 2.63 bits per heavy atom. The summed E-state index contributed by atoms with van der Waals surface area (Å²) in [6.07, 6.45) is -2.57. The van der Waals surface area contributed by atoms with Crippen molar-refractivity contribution in [2.24, 2.45) is 0 Å². The number of allylic oxidation sites excluding steroid dienone is 3. The number of aromatic amines is 1. The molecule has 0 saturated heterocycles. The molecule has 1 unspecified atom stereocenters. The number of aliphatic hydroxyl groups is 1. The van der Waals surface area contributed by atoms with Gasteiger partial charge < -0.3 is 9.84 Å². The molecule has 0 amide bonds. The number of hydrogen-bond donors (Lipinski definition) is 2. The van der Waals surface area contributed by atoms with Gasteiger partial charge in [-0.3, -0.25) is 5.10 Å². The monoisotopic (exact) mass is 450 g/mol. The third-order valence-corrected chi connectivity index (χ3v) is 6.02. The van der Waals surface area contributed by atoms with Gasteiger partial charge in [-0.2, -0.15) is 18.3 Å². The largest absolute Gasteiger partial charge is 0.501 e. The van der Waals surface area contributed by atoms with Gasteiger partial charge in [0.1, 0.15) is 17.6 Å². The van der Waals surface area contributed by atoms with Crippen LogP contribution in [-0.2, 0) is 9.84 Å². The molecule has 6 nitrogen and oxygen atoms in total. The van der Waals surface area contributed by atoms with Gasteiger partial charge in [0.25, 0.3) is 15.8 Å². The molecule has 162 valence electrons. The van der Waals surface area contributed by atoms with E-state index in [0.717, 1.165) is 6.08 Å². The third kappa shape index (κ3) is 4.10. The number of aliphatic hydroxyl groups excluding tert-OH is 1. The fourth-order valence-electron chi connectivity index (χ4n) is 2.79.